The van der Waals surface area contributed by atoms with Crippen LogP contribution in [0.3, 0.4) is 0 Å². The van der Waals surface area contributed by atoms with Crippen LogP contribution in [-0.2, 0) is 17.6 Å². The lowest BCUT2D eigenvalue weighted by Crippen LogP contribution is -2.18. The van der Waals surface area contributed by atoms with Crippen LogP contribution >= 0.6 is 0 Å². The van der Waals surface area contributed by atoms with Gasteiger partial charge in [-0.05, 0) is 25.0 Å². The van der Waals surface area contributed by atoms with Crippen molar-refractivity contribution in [2.75, 3.05) is 20.3 Å². The monoisotopic (exact) mass is 316 g/mol. The summed E-state index contributed by atoms with van der Waals surface area (Å²) in [5.41, 5.74) is 2.35. The summed E-state index contributed by atoms with van der Waals surface area (Å²) >= 11 is 0. The van der Waals surface area contributed by atoms with E-state index in [0.29, 0.717) is 25.5 Å². The second kappa shape index (κ2) is 8.48. The van der Waals surface area contributed by atoms with Crippen molar-refractivity contribution >= 4 is 0 Å². The molecule has 0 aliphatic rings. The predicted molar refractivity (Wildman–Crippen MR) is 91.0 cm³/mol. The molecule has 0 bridgehead atoms. The largest absolute Gasteiger partial charge is 0.493 e. The van der Waals surface area contributed by atoms with Crippen LogP contribution in [0.25, 0.3) is 11.4 Å². The number of nitrogens with zero attached hydrogens (tertiary/aromatic N) is 1. The summed E-state index contributed by atoms with van der Waals surface area (Å²) in [4.78, 5) is 19.8. The molecule has 5 heteroatoms. The first-order valence-electron chi connectivity index (χ1n) is 8.04. The molecule has 0 radical (unpaired) electrons. The number of H-pyrrole nitrogens is 1. The first-order chi connectivity index (χ1) is 11.2. The lowest BCUT2D eigenvalue weighted by atomic mass is 10.1. The second-order valence-corrected chi connectivity index (χ2v) is 5.24. The van der Waals surface area contributed by atoms with Crippen molar-refractivity contribution in [1.82, 2.24) is 9.97 Å². The highest BCUT2D eigenvalue weighted by atomic mass is 16.5. The Bertz CT molecular complexity index is 695. The molecule has 2 aromatic rings. The van der Waals surface area contributed by atoms with Gasteiger partial charge in [-0.25, -0.2) is 4.98 Å². The molecule has 5 nitrogen and oxygen atoms in total. The third-order valence-corrected chi connectivity index (χ3v) is 3.68. The van der Waals surface area contributed by atoms with Gasteiger partial charge in [0.05, 0.1) is 17.9 Å². The van der Waals surface area contributed by atoms with Crippen molar-refractivity contribution in [3.8, 4) is 17.1 Å². The van der Waals surface area contributed by atoms with Crippen LogP contribution in [0.5, 0.6) is 5.75 Å². The topological polar surface area (TPSA) is 64.2 Å². The summed E-state index contributed by atoms with van der Waals surface area (Å²) in [6, 6.07) is 7.63. The Morgan fingerprint density at radius 2 is 1.91 bits per heavy atom. The fraction of sp³-hybridized carbons (Fsp3) is 0.444. The van der Waals surface area contributed by atoms with E-state index in [4.69, 9.17) is 9.47 Å². The Morgan fingerprint density at radius 3 is 2.61 bits per heavy atom. The molecule has 0 saturated carbocycles. The molecule has 0 aliphatic heterocycles. The number of ether oxygens (including phenoxy) is 2. The molecule has 0 atom stereocenters. The number of benzene rings is 1. The maximum atomic E-state index is 12.3. The zero-order valence-corrected chi connectivity index (χ0v) is 14.0. The number of aryl methyl sites for hydroxylation is 1. The van der Waals surface area contributed by atoms with E-state index in [1.807, 2.05) is 38.1 Å². The fourth-order valence-electron chi connectivity index (χ4n) is 2.50. The minimum Gasteiger partial charge on any atom is -0.493 e. The average Bonchev–Trinajstić information content (AvgIpc) is 2.58. The highest BCUT2D eigenvalue weighted by molar-refractivity contribution is 5.64. The molecule has 0 amide bonds. The van der Waals surface area contributed by atoms with Crippen LogP contribution in [-0.4, -0.2) is 30.3 Å². The fourth-order valence-corrected chi connectivity index (χ4v) is 2.50. The Labute approximate surface area is 136 Å². The van der Waals surface area contributed by atoms with Gasteiger partial charge < -0.3 is 14.5 Å². The third kappa shape index (κ3) is 4.20. The summed E-state index contributed by atoms with van der Waals surface area (Å²) in [5, 5.41) is 0. The highest BCUT2D eigenvalue weighted by Crippen LogP contribution is 2.27. The molecule has 2 rings (SSSR count). The van der Waals surface area contributed by atoms with Crippen LogP contribution in [0.4, 0.5) is 0 Å². The van der Waals surface area contributed by atoms with Crippen LogP contribution < -0.4 is 10.3 Å². The lowest BCUT2D eigenvalue weighted by molar-refractivity contribution is 0.172. The van der Waals surface area contributed by atoms with Crippen LogP contribution in [0.2, 0.25) is 0 Å². The number of para-hydroxylation sites is 1. The molecular weight excluding hydrogens is 292 g/mol. The highest BCUT2D eigenvalue weighted by Gasteiger charge is 2.13. The van der Waals surface area contributed by atoms with Crippen LogP contribution in [0.1, 0.15) is 31.5 Å². The molecule has 0 fully saturated rings. The van der Waals surface area contributed by atoms with Crippen molar-refractivity contribution in [2.24, 2.45) is 0 Å². The number of rotatable bonds is 8. The molecule has 0 spiro atoms. The lowest BCUT2D eigenvalue weighted by Gasteiger charge is -2.12. The van der Waals surface area contributed by atoms with Gasteiger partial charge in [0, 0.05) is 25.7 Å². The van der Waals surface area contributed by atoms with Gasteiger partial charge in [-0.3, -0.25) is 4.79 Å². The normalized spacial score (nSPS) is 10.7. The van der Waals surface area contributed by atoms with Gasteiger partial charge in [-0.15, -0.1) is 0 Å². The van der Waals surface area contributed by atoms with E-state index in [2.05, 4.69) is 9.97 Å². The first-order valence-corrected chi connectivity index (χ1v) is 8.04. The molecule has 1 aromatic heterocycles. The van der Waals surface area contributed by atoms with E-state index in [0.717, 1.165) is 35.4 Å². The second-order valence-electron chi connectivity index (χ2n) is 5.24. The molecule has 124 valence electrons. The molecule has 0 aliphatic carbocycles. The quantitative estimate of drug-likeness (QED) is 0.760. The average molecular weight is 316 g/mol. The molecule has 0 saturated heterocycles. The van der Waals surface area contributed by atoms with Crippen LogP contribution in [0.15, 0.2) is 29.1 Å². The van der Waals surface area contributed by atoms with Crippen LogP contribution in [0, 0.1) is 0 Å². The van der Waals surface area contributed by atoms with E-state index in [1.54, 1.807) is 7.11 Å². The molecule has 1 aromatic carbocycles. The number of methoxy groups -OCH3 is 1. The maximum Gasteiger partial charge on any atom is 0.254 e. The number of aromatic nitrogens is 2. The molecule has 0 unspecified atom stereocenters. The van der Waals surface area contributed by atoms with Gasteiger partial charge in [-0.1, -0.05) is 26.0 Å². The van der Waals surface area contributed by atoms with Crippen molar-refractivity contribution < 1.29 is 9.47 Å². The Kier molecular flexibility index (Phi) is 6.35. The van der Waals surface area contributed by atoms with E-state index in [9.17, 15) is 4.79 Å². The summed E-state index contributed by atoms with van der Waals surface area (Å²) in [7, 11) is 1.67. The minimum atomic E-state index is -0.0662. The molecule has 1 N–H and O–H groups in total. The van der Waals surface area contributed by atoms with Crippen molar-refractivity contribution in [3.05, 3.63) is 45.9 Å². The van der Waals surface area contributed by atoms with Crippen molar-refractivity contribution in [1.29, 1.82) is 0 Å². The van der Waals surface area contributed by atoms with Gasteiger partial charge >= 0.3 is 0 Å². The van der Waals surface area contributed by atoms with E-state index >= 15 is 0 Å². The van der Waals surface area contributed by atoms with Gasteiger partial charge in [0.25, 0.3) is 5.56 Å². The number of aromatic amines is 1. The van der Waals surface area contributed by atoms with E-state index < -0.39 is 0 Å². The van der Waals surface area contributed by atoms with Gasteiger partial charge in [0.15, 0.2) is 0 Å². The maximum absolute atomic E-state index is 12.3. The summed E-state index contributed by atoms with van der Waals surface area (Å²) in [5.74, 6) is 1.28. The molecular formula is C18H24N2O3. The summed E-state index contributed by atoms with van der Waals surface area (Å²) in [6.45, 7) is 5.20. The molecule has 23 heavy (non-hydrogen) atoms. The van der Waals surface area contributed by atoms with E-state index in [1.165, 1.54) is 0 Å². The number of hydrogen-bond donors (Lipinski definition) is 1. The van der Waals surface area contributed by atoms with Gasteiger partial charge in [-0.2, -0.15) is 0 Å². The molecule has 1 heterocycles. The SMILES string of the molecule is CCc1nc(-c2ccccc2OCCCOC)[nH]c(=O)c1CC. The Hall–Kier alpha value is -2.14. The summed E-state index contributed by atoms with van der Waals surface area (Å²) in [6.07, 6.45) is 2.22. The predicted octanol–water partition coefficient (Wildman–Crippen LogP) is 2.98. The zero-order valence-electron chi connectivity index (χ0n) is 14.0. The number of nitrogens with one attached hydrogen (secondary N) is 1. The van der Waals surface area contributed by atoms with Gasteiger partial charge in [0.1, 0.15) is 11.6 Å². The Morgan fingerprint density at radius 1 is 1.13 bits per heavy atom. The number of hydrogen-bond acceptors (Lipinski definition) is 4. The zero-order chi connectivity index (χ0) is 16.7. The Balaban J connectivity index is 2.35. The van der Waals surface area contributed by atoms with E-state index in [-0.39, 0.29) is 5.56 Å². The van der Waals surface area contributed by atoms with Crippen molar-refractivity contribution in [3.63, 3.8) is 0 Å². The third-order valence-electron chi connectivity index (χ3n) is 3.68. The summed E-state index contributed by atoms with van der Waals surface area (Å²) < 4.78 is 10.8. The first kappa shape index (κ1) is 17.2. The van der Waals surface area contributed by atoms with Crippen molar-refractivity contribution in [2.45, 2.75) is 33.1 Å². The van der Waals surface area contributed by atoms with Gasteiger partial charge in [0.2, 0.25) is 0 Å². The smallest absolute Gasteiger partial charge is 0.254 e. The minimum absolute atomic E-state index is 0.0662. The standard InChI is InChI=1S/C18H24N2O3/c1-4-13-15(5-2)19-17(20-18(13)21)14-9-6-7-10-16(14)23-12-8-11-22-3/h6-7,9-10H,4-5,8,11-12H2,1-3H3,(H,19,20,21).